The van der Waals surface area contributed by atoms with Gasteiger partial charge in [-0.15, -0.1) is 0 Å². The molecular formula is C14H19NO2. The summed E-state index contributed by atoms with van der Waals surface area (Å²) in [6.07, 6.45) is 5.16. The molecule has 0 radical (unpaired) electrons. The molecule has 1 unspecified atom stereocenters. The van der Waals surface area contributed by atoms with Crippen LogP contribution in [-0.2, 0) is 0 Å². The summed E-state index contributed by atoms with van der Waals surface area (Å²) >= 11 is 0. The molecule has 92 valence electrons. The predicted molar refractivity (Wildman–Crippen MR) is 66.3 cm³/mol. The Labute approximate surface area is 102 Å². The molecular weight excluding hydrogens is 214 g/mol. The average molecular weight is 233 g/mol. The van der Waals surface area contributed by atoms with Gasteiger partial charge in [0.1, 0.15) is 13.2 Å². The Balaban J connectivity index is 1.73. The van der Waals surface area contributed by atoms with E-state index in [4.69, 9.17) is 15.2 Å². The Morgan fingerprint density at radius 3 is 2.65 bits per heavy atom. The first-order valence-corrected chi connectivity index (χ1v) is 6.48. The normalized spacial score (nSPS) is 20.8. The van der Waals surface area contributed by atoms with E-state index in [9.17, 15) is 0 Å². The number of nitrogens with two attached hydrogens (primary N) is 1. The molecule has 0 spiro atoms. The van der Waals surface area contributed by atoms with Gasteiger partial charge in [0.15, 0.2) is 11.5 Å². The molecule has 0 amide bonds. The van der Waals surface area contributed by atoms with Gasteiger partial charge in [-0.3, -0.25) is 0 Å². The molecule has 1 heterocycles. The third-order valence-corrected chi connectivity index (χ3v) is 3.81. The fourth-order valence-electron chi connectivity index (χ4n) is 2.51. The van der Waals surface area contributed by atoms with Crippen LogP contribution in [0.15, 0.2) is 18.2 Å². The van der Waals surface area contributed by atoms with Crippen molar-refractivity contribution in [3.05, 3.63) is 23.8 Å². The molecule has 1 saturated carbocycles. The lowest BCUT2D eigenvalue weighted by atomic mass is 9.80. The molecule has 0 saturated heterocycles. The molecule has 2 N–H and O–H groups in total. The molecule has 0 bridgehead atoms. The standard InChI is InChI=1S/C14H19NO2/c15-12(8-10-2-1-3-10)11-4-5-13-14(9-11)17-7-6-16-13/h4-5,9-10,12H,1-3,6-8,15H2. The summed E-state index contributed by atoms with van der Waals surface area (Å²) in [4.78, 5) is 0. The molecule has 2 aliphatic rings. The number of rotatable bonds is 3. The first-order valence-electron chi connectivity index (χ1n) is 6.48. The smallest absolute Gasteiger partial charge is 0.161 e. The van der Waals surface area contributed by atoms with Gasteiger partial charge in [0.25, 0.3) is 0 Å². The summed E-state index contributed by atoms with van der Waals surface area (Å²) in [5.41, 5.74) is 7.41. The maximum absolute atomic E-state index is 6.24. The first kappa shape index (κ1) is 10.9. The molecule has 1 atom stereocenters. The Hall–Kier alpha value is -1.22. The van der Waals surface area contributed by atoms with Gasteiger partial charge in [0.05, 0.1) is 0 Å². The van der Waals surface area contributed by atoms with Gasteiger partial charge in [0.2, 0.25) is 0 Å². The van der Waals surface area contributed by atoms with Crippen molar-refractivity contribution in [3.63, 3.8) is 0 Å². The molecule has 0 aromatic heterocycles. The molecule has 1 fully saturated rings. The van der Waals surface area contributed by atoms with E-state index in [0.717, 1.165) is 23.8 Å². The van der Waals surface area contributed by atoms with E-state index in [-0.39, 0.29) is 6.04 Å². The summed E-state index contributed by atoms with van der Waals surface area (Å²) in [7, 11) is 0. The minimum atomic E-state index is 0.135. The molecule has 1 aliphatic carbocycles. The van der Waals surface area contributed by atoms with Crippen molar-refractivity contribution in [2.24, 2.45) is 11.7 Å². The van der Waals surface area contributed by atoms with Crippen molar-refractivity contribution in [2.45, 2.75) is 31.7 Å². The van der Waals surface area contributed by atoms with Crippen LogP contribution in [0.3, 0.4) is 0 Å². The zero-order valence-electron chi connectivity index (χ0n) is 10.0. The van der Waals surface area contributed by atoms with E-state index in [1.165, 1.54) is 24.8 Å². The van der Waals surface area contributed by atoms with Crippen LogP contribution in [0, 0.1) is 5.92 Å². The number of hydrogen-bond acceptors (Lipinski definition) is 3. The van der Waals surface area contributed by atoms with Gasteiger partial charge in [-0.1, -0.05) is 25.3 Å². The highest BCUT2D eigenvalue weighted by molar-refractivity contribution is 5.44. The molecule has 3 heteroatoms. The summed E-state index contributed by atoms with van der Waals surface area (Å²) in [6, 6.07) is 6.22. The zero-order chi connectivity index (χ0) is 11.7. The average Bonchev–Trinajstić information content (AvgIpc) is 2.33. The summed E-state index contributed by atoms with van der Waals surface area (Å²) in [6.45, 7) is 1.27. The number of ether oxygens (including phenoxy) is 2. The van der Waals surface area contributed by atoms with Crippen LogP contribution in [0.2, 0.25) is 0 Å². The Kier molecular flexibility index (Phi) is 2.93. The van der Waals surface area contributed by atoms with Crippen LogP contribution >= 0.6 is 0 Å². The topological polar surface area (TPSA) is 44.5 Å². The predicted octanol–water partition coefficient (Wildman–Crippen LogP) is 2.65. The SMILES string of the molecule is NC(CC1CCC1)c1ccc2c(c1)OCCO2. The fourth-order valence-corrected chi connectivity index (χ4v) is 2.51. The molecule has 17 heavy (non-hydrogen) atoms. The van der Waals surface area contributed by atoms with Crippen molar-refractivity contribution in [2.75, 3.05) is 13.2 Å². The quantitative estimate of drug-likeness (QED) is 0.873. The monoisotopic (exact) mass is 233 g/mol. The van der Waals surface area contributed by atoms with Crippen LogP contribution < -0.4 is 15.2 Å². The van der Waals surface area contributed by atoms with Crippen molar-refractivity contribution < 1.29 is 9.47 Å². The van der Waals surface area contributed by atoms with E-state index >= 15 is 0 Å². The van der Waals surface area contributed by atoms with Gasteiger partial charge in [-0.2, -0.15) is 0 Å². The van der Waals surface area contributed by atoms with Crippen LogP contribution in [0.25, 0.3) is 0 Å². The number of fused-ring (bicyclic) bond motifs is 1. The van der Waals surface area contributed by atoms with E-state index in [1.54, 1.807) is 0 Å². The third-order valence-electron chi connectivity index (χ3n) is 3.81. The summed E-state index contributed by atoms with van der Waals surface area (Å²) in [5, 5.41) is 0. The maximum Gasteiger partial charge on any atom is 0.161 e. The number of benzene rings is 1. The van der Waals surface area contributed by atoms with Gasteiger partial charge in [0, 0.05) is 6.04 Å². The van der Waals surface area contributed by atoms with Crippen molar-refractivity contribution in [1.82, 2.24) is 0 Å². The van der Waals surface area contributed by atoms with Crippen LogP contribution in [-0.4, -0.2) is 13.2 Å². The molecule has 1 aromatic rings. The van der Waals surface area contributed by atoms with Crippen LogP contribution in [0.4, 0.5) is 0 Å². The Morgan fingerprint density at radius 2 is 1.94 bits per heavy atom. The minimum Gasteiger partial charge on any atom is -0.486 e. The Morgan fingerprint density at radius 1 is 1.18 bits per heavy atom. The van der Waals surface area contributed by atoms with E-state index < -0.39 is 0 Å². The van der Waals surface area contributed by atoms with Crippen molar-refractivity contribution in [3.8, 4) is 11.5 Å². The minimum absolute atomic E-state index is 0.135. The second-order valence-corrected chi connectivity index (χ2v) is 5.04. The third kappa shape index (κ3) is 2.25. The van der Waals surface area contributed by atoms with Crippen LogP contribution in [0.1, 0.15) is 37.3 Å². The molecule has 1 aromatic carbocycles. The van der Waals surface area contributed by atoms with Crippen LogP contribution in [0.5, 0.6) is 11.5 Å². The van der Waals surface area contributed by atoms with Gasteiger partial charge in [-0.05, 0) is 30.0 Å². The maximum atomic E-state index is 6.24. The van der Waals surface area contributed by atoms with E-state index in [2.05, 4.69) is 6.07 Å². The zero-order valence-corrected chi connectivity index (χ0v) is 10.0. The largest absolute Gasteiger partial charge is 0.486 e. The highest BCUT2D eigenvalue weighted by Crippen LogP contribution is 2.37. The summed E-state index contributed by atoms with van der Waals surface area (Å²) < 4.78 is 11.1. The molecule has 3 nitrogen and oxygen atoms in total. The highest BCUT2D eigenvalue weighted by Gasteiger charge is 2.22. The van der Waals surface area contributed by atoms with Crippen molar-refractivity contribution in [1.29, 1.82) is 0 Å². The van der Waals surface area contributed by atoms with E-state index in [0.29, 0.717) is 13.2 Å². The second-order valence-electron chi connectivity index (χ2n) is 5.04. The van der Waals surface area contributed by atoms with Gasteiger partial charge >= 0.3 is 0 Å². The summed E-state index contributed by atoms with van der Waals surface area (Å²) in [5.74, 6) is 2.52. The van der Waals surface area contributed by atoms with Gasteiger partial charge < -0.3 is 15.2 Å². The second kappa shape index (κ2) is 4.57. The lowest BCUT2D eigenvalue weighted by Crippen LogP contribution is -2.21. The first-order chi connectivity index (χ1) is 8.33. The highest BCUT2D eigenvalue weighted by atomic mass is 16.6. The Bertz CT molecular complexity index is 401. The van der Waals surface area contributed by atoms with E-state index in [1.807, 2.05) is 12.1 Å². The molecule has 1 aliphatic heterocycles. The van der Waals surface area contributed by atoms with Gasteiger partial charge in [-0.25, -0.2) is 0 Å². The fraction of sp³-hybridized carbons (Fsp3) is 0.571. The number of hydrogen-bond donors (Lipinski definition) is 1. The lowest BCUT2D eigenvalue weighted by molar-refractivity contribution is 0.171. The lowest BCUT2D eigenvalue weighted by Gasteiger charge is -2.28. The molecule has 3 rings (SSSR count). The van der Waals surface area contributed by atoms with Crippen molar-refractivity contribution >= 4 is 0 Å².